The molecule has 0 fully saturated rings. The third kappa shape index (κ3) is 4.11. The van der Waals surface area contributed by atoms with Crippen molar-refractivity contribution in [3.8, 4) is 5.75 Å². The van der Waals surface area contributed by atoms with Crippen molar-refractivity contribution < 1.29 is 4.74 Å². The summed E-state index contributed by atoms with van der Waals surface area (Å²) in [5.41, 5.74) is 1.10. The molecule has 0 aliphatic carbocycles. The predicted octanol–water partition coefficient (Wildman–Crippen LogP) is 3.94. The minimum atomic E-state index is 0.653. The number of halogens is 1. The largest absolute Gasteiger partial charge is 0.492 e. The molecule has 0 amide bonds. The molecule has 2 rings (SSSR count). The molecular weight excluding hydrogens is 278 g/mol. The van der Waals surface area contributed by atoms with Gasteiger partial charge < -0.3 is 10.1 Å². The second kappa shape index (κ2) is 6.30. The Balaban J connectivity index is 1.71. The summed E-state index contributed by atoms with van der Waals surface area (Å²) in [7, 11) is 0. The number of para-hydroxylation sites is 1. The number of hydrogen-bond acceptors (Lipinski definition) is 2. The third-order valence-corrected chi connectivity index (χ3v) is 2.82. The average molecular weight is 292 g/mol. The third-order valence-electron chi connectivity index (χ3n) is 2.29. The van der Waals surface area contributed by atoms with Crippen LogP contribution in [-0.2, 0) is 0 Å². The Hall–Kier alpha value is -1.48. The second-order valence-electron chi connectivity index (χ2n) is 3.60. The van der Waals surface area contributed by atoms with E-state index in [9.17, 15) is 0 Å². The summed E-state index contributed by atoms with van der Waals surface area (Å²) in [5.74, 6) is 0.908. The fraction of sp³-hybridized carbons (Fsp3) is 0.143. The van der Waals surface area contributed by atoms with E-state index in [4.69, 9.17) is 4.74 Å². The van der Waals surface area contributed by atoms with Gasteiger partial charge in [0.15, 0.2) is 0 Å². The highest BCUT2D eigenvalue weighted by Gasteiger charge is 1.93. The topological polar surface area (TPSA) is 21.3 Å². The van der Waals surface area contributed by atoms with Crippen LogP contribution in [0.4, 0.5) is 5.69 Å². The molecule has 2 aromatic rings. The molecule has 0 atom stereocenters. The van der Waals surface area contributed by atoms with Crippen LogP contribution < -0.4 is 10.1 Å². The van der Waals surface area contributed by atoms with Gasteiger partial charge >= 0.3 is 0 Å². The van der Waals surface area contributed by atoms with Crippen LogP contribution in [-0.4, -0.2) is 13.2 Å². The number of hydrogen-bond donors (Lipinski definition) is 1. The van der Waals surface area contributed by atoms with Crippen LogP contribution in [0.5, 0.6) is 5.75 Å². The van der Waals surface area contributed by atoms with Crippen molar-refractivity contribution in [3.63, 3.8) is 0 Å². The lowest BCUT2D eigenvalue weighted by atomic mass is 10.3. The molecule has 3 heteroatoms. The maximum absolute atomic E-state index is 5.58. The highest BCUT2D eigenvalue weighted by atomic mass is 79.9. The number of benzene rings is 2. The molecule has 0 spiro atoms. The molecule has 1 N–H and O–H groups in total. The maximum atomic E-state index is 5.58. The van der Waals surface area contributed by atoms with Crippen molar-refractivity contribution in [2.45, 2.75) is 0 Å². The summed E-state index contributed by atoms with van der Waals surface area (Å²) < 4.78 is 6.67. The van der Waals surface area contributed by atoms with Gasteiger partial charge in [-0.05, 0) is 36.4 Å². The van der Waals surface area contributed by atoms with Gasteiger partial charge in [0.25, 0.3) is 0 Å². The van der Waals surface area contributed by atoms with Gasteiger partial charge in [-0.3, -0.25) is 0 Å². The van der Waals surface area contributed by atoms with E-state index >= 15 is 0 Å². The van der Waals surface area contributed by atoms with Crippen LogP contribution in [0.2, 0.25) is 0 Å². The monoisotopic (exact) mass is 291 g/mol. The van der Waals surface area contributed by atoms with Crippen LogP contribution in [0.1, 0.15) is 0 Å². The zero-order chi connectivity index (χ0) is 11.9. The van der Waals surface area contributed by atoms with E-state index in [0.29, 0.717) is 6.61 Å². The van der Waals surface area contributed by atoms with Crippen molar-refractivity contribution in [2.24, 2.45) is 0 Å². The summed E-state index contributed by atoms with van der Waals surface area (Å²) in [5, 5.41) is 3.30. The molecule has 0 aliphatic heterocycles. The van der Waals surface area contributed by atoms with E-state index < -0.39 is 0 Å². The normalized spacial score (nSPS) is 9.94. The van der Waals surface area contributed by atoms with Crippen molar-refractivity contribution in [3.05, 3.63) is 59.1 Å². The van der Waals surface area contributed by atoms with Gasteiger partial charge in [-0.15, -0.1) is 0 Å². The molecule has 17 heavy (non-hydrogen) atoms. The molecule has 0 heterocycles. The number of nitrogens with one attached hydrogen (secondary N) is 1. The van der Waals surface area contributed by atoms with E-state index in [2.05, 4.69) is 21.2 Å². The first-order chi connectivity index (χ1) is 8.34. The molecule has 0 aliphatic rings. The smallest absolute Gasteiger partial charge is 0.119 e. The van der Waals surface area contributed by atoms with Gasteiger partial charge in [0.2, 0.25) is 0 Å². The van der Waals surface area contributed by atoms with E-state index in [1.807, 2.05) is 54.6 Å². The number of rotatable bonds is 5. The van der Waals surface area contributed by atoms with Gasteiger partial charge in [-0.1, -0.05) is 34.1 Å². The Morgan fingerprint density at radius 3 is 2.35 bits per heavy atom. The quantitative estimate of drug-likeness (QED) is 0.843. The van der Waals surface area contributed by atoms with Crippen molar-refractivity contribution in [1.82, 2.24) is 0 Å². The standard InChI is InChI=1S/C14H14BrNO/c15-12-6-8-13(9-7-12)16-10-11-17-14-4-2-1-3-5-14/h1-9,16H,10-11H2. The Morgan fingerprint density at radius 2 is 1.65 bits per heavy atom. The van der Waals surface area contributed by atoms with Gasteiger partial charge in [0, 0.05) is 16.7 Å². The van der Waals surface area contributed by atoms with Crippen molar-refractivity contribution >= 4 is 21.6 Å². The minimum absolute atomic E-state index is 0.653. The summed E-state index contributed by atoms with van der Waals surface area (Å²) >= 11 is 3.41. The highest BCUT2D eigenvalue weighted by molar-refractivity contribution is 9.10. The van der Waals surface area contributed by atoms with E-state index in [-0.39, 0.29) is 0 Å². The Kier molecular flexibility index (Phi) is 4.45. The Bertz CT molecular complexity index is 442. The lowest BCUT2D eigenvalue weighted by Crippen LogP contribution is -2.11. The molecule has 0 aromatic heterocycles. The molecule has 2 aromatic carbocycles. The lowest BCUT2D eigenvalue weighted by molar-refractivity contribution is 0.333. The molecule has 88 valence electrons. The molecule has 0 unspecified atom stereocenters. The minimum Gasteiger partial charge on any atom is -0.492 e. The zero-order valence-corrected chi connectivity index (χ0v) is 11.0. The first-order valence-corrected chi connectivity index (χ1v) is 6.31. The molecule has 2 nitrogen and oxygen atoms in total. The fourth-order valence-corrected chi connectivity index (χ4v) is 1.71. The SMILES string of the molecule is Brc1ccc(NCCOc2ccccc2)cc1. The first kappa shape index (κ1) is 12.0. The fourth-order valence-electron chi connectivity index (χ4n) is 1.45. The first-order valence-electron chi connectivity index (χ1n) is 5.52. The molecule has 0 saturated heterocycles. The summed E-state index contributed by atoms with van der Waals surface area (Å²) in [6.07, 6.45) is 0. The van der Waals surface area contributed by atoms with Gasteiger partial charge in [-0.2, -0.15) is 0 Å². The Labute approximate surface area is 110 Å². The second-order valence-corrected chi connectivity index (χ2v) is 4.51. The van der Waals surface area contributed by atoms with E-state index in [1.54, 1.807) is 0 Å². The summed E-state index contributed by atoms with van der Waals surface area (Å²) in [6.45, 7) is 1.44. The molecule has 0 saturated carbocycles. The molecule has 0 bridgehead atoms. The zero-order valence-electron chi connectivity index (χ0n) is 9.40. The van der Waals surface area contributed by atoms with E-state index in [0.717, 1.165) is 22.5 Å². The van der Waals surface area contributed by atoms with Crippen molar-refractivity contribution in [2.75, 3.05) is 18.5 Å². The van der Waals surface area contributed by atoms with Crippen LogP contribution in [0, 0.1) is 0 Å². The van der Waals surface area contributed by atoms with Crippen LogP contribution >= 0.6 is 15.9 Å². The summed E-state index contributed by atoms with van der Waals surface area (Å²) in [4.78, 5) is 0. The van der Waals surface area contributed by atoms with Gasteiger partial charge in [0.1, 0.15) is 12.4 Å². The van der Waals surface area contributed by atoms with E-state index in [1.165, 1.54) is 0 Å². The highest BCUT2D eigenvalue weighted by Crippen LogP contribution is 2.14. The predicted molar refractivity (Wildman–Crippen MR) is 74.6 cm³/mol. The number of anilines is 1. The lowest BCUT2D eigenvalue weighted by Gasteiger charge is -2.08. The van der Waals surface area contributed by atoms with Crippen LogP contribution in [0.3, 0.4) is 0 Å². The van der Waals surface area contributed by atoms with Crippen LogP contribution in [0.25, 0.3) is 0 Å². The number of ether oxygens (including phenoxy) is 1. The van der Waals surface area contributed by atoms with Gasteiger partial charge in [0.05, 0.1) is 0 Å². The molecule has 0 radical (unpaired) electrons. The summed E-state index contributed by atoms with van der Waals surface area (Å²) in [6, 6.07) is 17.9. The van der Waals surface area contributed by atoms with Crippen LogP contribution in [0.15, 0.2) is 59.1 Å². The van der Waals surface area contributed by atoms with Crippen molar-refractivity contribution in [1.29, 1.82) is 0 Å². The maximum Gasteiger partial charge on any atom is 0.119 e. The van der Waals surface area contributed by atoms with Gasteiger partial charge in [-0.25, -0.2) is 0 Å². The average Bonchev–Trinajstić information content (AvgIpc) is 2.38. The molecular formula is C14H14BrNO. The Morgan fingerprint density at radius 1 is 0.941 bits per heavy atom.